The highest BCUT2D eigenvalue weighted by Crippen LogP contribution is 2.30. The van der Waals surface area contributed by atoms with Crippen LogP contribution in [-0.4, -0.2) is 22.2 Å². The van der Waals surface area contributed by atoms with Crippen molar-refractivity contribution in [3.63, 3.8) is 0 Å². The molecule has 1 aromatic rings. The third-order valence-corrected chi connectivity index (χ3v) is 5.74. The van der Waals surface area contributed by atoms with E-state index >= 15 is 0 Å². The second kappa shape index (κ2) is 14.2. The Labute approximate surface area is 183 Å². The maximum absolute atomic E-state index is 10.6. The van der Waals surface area contributed by atoms with Gasteiger partial charge in [0.05, 0.1) is 0 Å². The summed E-state index contributed by atoms with van der Waals surface area (Å²) in [5.74, 6) is -1.39. The lowest BCUT2D eigenvalue weighted by Gasteiger charge is -2.25. The number of hydrogen-bond donors (Lipinski definition) is 2. The highest BCUT2D eigenvalue weighted by Gasteiger charge is 2.19. The van der Waals surface area contributed by atoms with Gasteiger partial charge in [0.25, 0.3) is 0 Å². The van der Waals surface area contributed by atoms with E-state index in [0.29, 0.717) is 0 Å². The molecule has 0 aliphatic carbocycles. The maximum atomic E-state index is 10.6. The third-order valence-electron chi connectivity index (χ3n) is 5.74. The molecule has 0 atom stereocenters. The van der Waals surface area contributed by atoms with E-state index < -0.39 is 11.9 Å². The second-order valence-electron chi connectivity index (χ2n) is 9.52. The zero-order chi connectivity index (χ0) is 22.4. The van der Waals surface area contributed by atoms with Gasteiger partial charge in [0, 0.05) is 12.8 Å². The van der Waals surface area contributed by atoms with Crippen LogP contribution in [0.5, 0.6) is 0 Å². The Kier molecular flexibility index (Phi) is 12.4. The number of aryl methyl sites for hydroxylation is 1. The van der Waals surface area contributed by atoms with Crippen LogP contribution in [0.25, 0.3) is 0 Å². The first kappa shape index (κ1) is 26.2. The fourth-order valence-corrected chi connectivity index (χ4v) is 4.10. The summed E-state index contributed by atoms with van der Waals surface area (Å²) in [6, 6.07) is 6.75. The molecule has 0 aliphatic rings. The molecule has 30 heavy (non-hydrogen) atoms. The van der Waals surface area contributed by atoms with Crippen LogP contribution in [-0.2, 0) is 27.8 Å². The van der Waals surface area contributed by atoms with Crippen LogP contribution in [0.4, 0.5) is 0 Å². The van der Waals surface area contributed by atoms with Crippen LogP contribution in [0.1, 0.15) is 115 Å². The number of unbranched alkanes of at least 4 members (excludes halogenated alkanes) is 8. The summed E-state index contributed by atoms with van der Waals surface area (Å²) >= 11 is 0. The molecule has 170 valence electrons. The van der Waals surface area contributed by atoms with Crippen LogP contribution in [0.15, 0.2) is 18.2 Å². The average Bonchev–Trinajstić information content (AvgIpc) is 2.65. The Morgan fingerprint density at radius 2 is 1.17 bits per heavy atom. The van der Waals surface area contributed by atoms with Gasteiger partial charge in [0.2, 0.25) is 0 Å². The molecule has 0 aromatic heterocycles. The van der Waals surface area contributed by atoms with Crippen molar-refractivity contribution >= 4 is 11.9 Å². The summed E-state index contributed by atoms with van der Waals surface area (Å²) in [7, 11) is 0. The number of rotatable bonds is 16. The Balaban J connectivity index is 2.53. The second-order valence-corrected chi connectivity index (χ2v) is 9.52. The lowest BCUT2D eigenvalue weighted by atomic mass is 9.80. The van der Waals surface area contributed by atoms with Gasteiger partial charge in [-0.3, -0.25) is 9.59 Å². The molecule has 0 amide bonds. The Hall–Kier alpha value is -1.84. The normalized spacial score (nSPS) is 11.6. The summed E-state index contributed by atoms with van der Waals surface area (Å²) < 4.78 is 0. The van der Waals surface area contributed by atoms with Crippen molar-refractivity contribution in [3.05, 3.63) is 34.9 Å². The molecule has 4 heteroatoms. The van der Waals surface area contributed by atoms with E-state index in [2.05, 4.69) is 39.0 Å². The average molecular weight is 419 g/mol. The van der Waals surface area contributed by atoms with Crippen LogP contribution < -0.4 is 0 Å². The third kappa shape index (κ3) is 11.4. The topological polar surface area (TPSA) is 74.6 Å². The molecule has 0 heterocycles. The van der Waals surface area contributed by atoms with E-state index in [0.717, 1.165) is 77.0 Å². The molecule has 0 radical (unpaired) electrons. The molecule has 2 N–H and O–H groups in total. The quantitative estimate of drug-likeness (QED) is 0.286. The zero-order valence-electron chi connectivity index (χ0n) is 19.3. The molecule has 0 unspecified atom stereocenters. The molecular formula is C26H42O4. The fraction of sp³-hybridized carbons (Fsp3) is 0.692. The van der Waals surface area contributed by atoms with E-state index in [4.69, 9.17) is 10.2 Å². The van der Waals surface area contributed by atoms with E-state index in [9.17, 15) is 9.59 Å². The summed E-state index contributed by atoms with van der Waals surface area (Å²) in [5.41, 5.74) is 4.57. The van der Waals surface area contributed by atoms with Crippen LogP contribution >= 0.6 is 0 Å². The van der Waals surface area contributed by atoms with Gasteiger partial charge in [-0.2, -0.15) is 0 Å². The molecule has 1 aromatic carbocycles. The minimum Gasteiger partial charge on any atom is -0.481 e. The number of benzene rings is 1. The minimum atomic E-state index is -0.694. The smallest absolute Gasteiger partial charge is 0.303 e. The highest BCUT2D eigenvalue weighted by molar-refractivity contribution is 5.66. The number of hydrogen-bond acceptors (Lipinski definition) is 2. The van der Waals surface area contributed by atoms with Crippen molar-refractivity contribution in [1.29, 1.82) is 0 Å². The minimum absolute atomic E-state index is 0.129. The summed E-state index contributed by atoms with van der Waals surface area (Å²) in [4.78, 5) is 21.2. The maximum Gasteiger partial charge on any atom is 0.303 e. The monoisotopic (exact) mass is 418 g/mol. The zero-order valence-corrected chi connectivity index (χ0v) is 19.3. The van der Waals surface area contributed by atoms with Gasteiger partial charge in [0.1, 0.15) is 0 Å². The highest BCUT2D eigenvalue weighted by atomic mass is 16.4. The largest absolute Gasteiger partial charge is 0.481 e. The van der Waals surface area contributed by atoms with Gasteiger partial charge >= 0.3 is 11.9 Å². The number of carboxylic acids is 2. The first-order valence-corrected chi connectivity index (χ1v) is 11.8. The van der Waals surface area contributed by atoms with Crippen LogP contribution in [0.3, 0.4) is 0 Å². The Bertz CT molecular complexity index is 643. The first-order chi connectivity index (χ1) is 14.2. The fourth-order valence-electron chi connectivity index (χ4n) is 4.10. The number of aliphatic carboxylic acids is 2. The van der Waals surface area contributed by atoms with Gasteiger partial charge in [-0.05, 0) is 60.6 Å². The Morgan fingerprint density at radius 3 is 1.67 bits per heavy atom. The van der Waals surface area contributed by atoms with Crippen molar-refractivity contribution in [3.8, 4) is 0 Å². The lowest BCUT2D eigenvalue weighted by molar-refractivity contribution is -0.138. The van der Waals surface area contributed by atoms with Crippen LogP contribution in [0.2, 0.25) is 0 Å². The van der Waals surface area contributed by atoms with E-state index in [1.165, 1.54) is 16.7 Å². The van der Waals surface area contributed by atoms with Gasteiger partial charge < -0.3 is 10.2 Å². The molecule has 0 saturated heterocycles. The van der Waals surface area contributed by atoms with Gasteiger partial charge in [0.15, 0.2) is 0 Å². The molecule has 0 spiro atoms. The van der Waals surface area contributed by atoms with Gasteiger partial charge in [-0.1, -0.05) is 77.5 Å². The molecule has 0 fully saturated rings. The van der Waals surface area contributed by atoms with E-state index in [1.807, 2.05) is 0 Å². The van der Waals surface area contributed by atoms with E-state index in [-0.39, 0.29) is 18.3 Å². The van der Waals surface area contributed by atoms with Crippen molar-refractivity contribution in [2.75, 3.05) is 0 Å². The molecule has 0 bridgehead atoms. The van der Waals surface area contributed by atoms with Crippen molar-refractivity contribution in [2.45, 2.75) is 116 Å². The van der Waals surface area contributed by atoms with Crippen molar-refractivity contribution in [1.82, 2.24) is 0 Å². The van der Waals surface area contributed by atoms with E-state index in [1.54, 1.807) is 0 Å². The summed E-state index contributed by atoms with van der Waals surface area (Å²) in [6.45, 7) is 6.85. The standard InChI is InChI=1S/C26H42O4/c1-26(2,3)23-18-14-16-21(15-10-6-4-8-12-19-24(27)28)22(23)17-11-7-5-9-13-20-25(29)30/h14,16,18H,4-13,15,17,19-20H2,1-3H3,(H,27,28)(H,29,30). The molecule has 4 nitrogen and oxygen atoms in total. The first-order valence-electron chi connectivity index (χ1n) is 11.8. The predicted octanol–water partition coefficient (Wildman–Crippen LogP) is 6.92. The van der Waals surface area contributed by atoms with Crippen molar-refractivity contribution < 1.29 is 19.8 Å². The summed E-state index contributed by atoms with van der Waals surface area (Å²) in [5, 5.41) is 17.4. The molecular weight excluding hydrogens is 376 g/mol. The molecule has 0 saturated carbocycles. The van der Waals surface area contributed by atoms with Crippen molar-refractivity contribution in [2.24, 2.45) is 0 Å². The number of carbonyl (C=O) groups is 2. The SMILES string of the molecule is CC(C)(C)c1cccc(CCCCCCCC(=O)O)c1CCCCCCCC(=O)O. The predicted molar refractivity (Wildman–Crippen MR) is 123 cm³/mol. The Morgan fingerprint density at radius 1 is 0.700 bits per heavy atom. The van der Waals surface area contributed by atoms with Gasteiger partial charge in [-0.25, -0.2) is 0 Å². The molecule has 0 aliphatic heterocycles. The number of carboxylic acid groups (broad SMARTS) is 2. The summed E-state index contributed by atoms with van der Waals surface area (Å²) in [6.07, 6.45) is 13.2. The van der Waals surface area contributed by atoms with Crippen LogP contribution in [0, 0.1) is 0 Å². The molecule has 1 rings (SSSR count). The lowest BCUT2D eigenvalue weighted by Crippen LogP contribution is -2.16. The van der Waals surface area contributed by atoms with Gasteiger partial charge in [-0.15, -0.1) is 0 Å².